The summed E-state index contributed by atoms with van der Waals surface area (Å²) in [5.74, 6) is 0.384. The van der Waals surface area contributed by atoms with Gasteiger partial charge in [0.05, 0.1) is 20.4 Å². The number of ether oxygens (including phenoxy) is 2. The van der Waals surface area contributed by atoms with Crippen molar-refractivity contribution in [3.8, 4) is 17.2 Å². The molecule has 0 atom stereocenters. The van der Waals surface area contributed by atoms with E-state index in [-0.39, 0.29) is 28.5 Å². The maximum Gasteiger partial charge on any atom is 0.358 e. The van der Waals surface area contributed by atoms with Crippen LogP contribution in [0.1, 0.15) is 11.1 Å². The summed E-state index contributed by atoms with van der Waals surface area (Å²) in [5, 5.41) is 20.8. The van der Waals surface area contributed by atoms with Crippen molar-refractivity contribution < 1.29 is 24.0 Å². The number of hydrogen-bond acceptors (Lipinski definition) is 7. The third-order valence-corrected chi connectivity index (χ3v) is 5.85. The molecule has 0 saturated heterocycles. The van der Waals surface area contributed by atoms with Gasteiger partial charge in [0.15, 0.2) is 11.5 Å². The van der Waals surface area contributed by atoms with Crippen molar-refractivity contribution in [1.29, 1.82) is 0 Å². The van der Waals surface area contributed by atoms with Crippen molar-refractivity contribution in [3.05, 3.63) is 59.5 Å². The van der Waals surface area contributed by atoms with E-state index in [1.807, 2.05) is 23.6 Å². The number of phenolic OH excluding ortho intramolecular Hbond substituents is 1. The molecular formula is C23H26N3O4S+. The summed E-state index contributed by atoms with van der Waals surface area (Å²) >= 11 is 1.64. The fourth-order valence-corrected chi connectivity index (χ4v) is 3.88. The number of amides is 1. The number of carbonyl (C=O) groups is 1. The van der Waals surface area contributed by atoms with Gasteiger partial charge in [-0.05, 0) is 18.2 Å². The Morgan fingerprint density at radius 2 is 2.00 bits per heavy atom. The molecule has 7 nitrogen and oxygen atoms in total. The van der Waals surface area contributed by atoms with Gasteiger partial charge < -0.3 is 19.9 Å². The number of carbonyl (C=O) groups excluding carboxylic acids is 1. The summed E-state index contributed by atoms with van der Waals surface area (Å²) in [7, 11) is 6.37. The Kier molecular flexibility index (Phi) is 6.62. The SMILES string of the molecule is C=C(NCC(=O)[N+](C)(C)N=Cc1csc2ccccc12)c1cc(O)c(OC)c(OC)c1. The molecule has 8 heteroatoms. The minimum absolute atomic E-state index is 0.0165. The third kappa shape index (κ3) is 4.87. The topological polar surface area (TPSA) is 80.2 Å². The number of quaternary nitrogens is 1. The third-order valence-electron chi connectivity index (χ3n) is 4.87. The number of thiophene rings is 1. The fraction of sp³-hybridized carbons (Fsp3) is 0.217. The van der Waals surface area contributed by atoms with Crippen LogP contribution in [0.25, 0.3) is 15.8 Å². The molecule has 0 bridgehead atoms. The summed E-state index contributed by atoms with van der Waals surface area (Å²) in [6, 6.07) is 11.3. The van der Waals surface area contributed by atoms with E-state index in [9.17, 15) is 9.90 Å². The molecule has 0 radical (unpaired) electrons. The number of hydrogen-bond donors (Lipinski definition) is 2. The van der Waals surface area contributed by atoms with Crippen molar-refractivity contribution in [1.82, 2.24) is 5.32 Å². The zero-order valence-electron chi connectivity index (χ0n) is 18.0. The lowest BCUT2D eigenvalue weighted by Crippen LogP contribution is -2.45. The molecule has 0 aliphatic heterocycles. The van der Waals surface area contributed by atoms with Crippen LogP contribution in [0.5, 0.6) is 17.2 Å². The monoisotopic (exact) mass is 440 g/mol. The van der Waals surface area contributed by atoms with E-state index in [1.165, 1.54) is 25.0 Å². The van der Waals surface area contributed by atoms with Crippen LogP contribution in [0.2, 0.25) is 0 Å². The first-order chi connectivity index (χ1) is 14.8. The average molecular weight is 441 g/mol. The van der Waals surface area contributed by atoms with Crippen LogP contribution in [-0.4, -0.2) is 56.7 Å². The molecule has 3 rings (SSSR count). The van der Waals surface area contributed by atoms with Crippen molar-refractivity contribution in [2.75, 3.05) is 34.9 Å². The molecule has 2 aromatic carbocycles. The Hall–Kier alpha value is -3.36. The first kappa shape index (κ1) is 22.3. The lowest BCUT2D eigenvalue weighted by molar-refractivity contribution is -0.819. The maximum atomic E-state index is 12.8. The lowest BCUT2D eigenvalue weighted by atomic mass is 10.1. The minimum Gasteiger partial charge on any atom is -0.504 e. The van der Waals surface area contributed by atoms with Gasteiger partial charge in [0.2, 0.25) is 5.75 Å². The summed E-state index contributed by atoms with van der Waals surface area (Å²) < 4.78 is 11.4. The number of likely N-dealkylation sites (N-methyl/N-ethyl adjacent to an activating group) is 1. The summed E-state index contributed by atoms with van der Waals surface area (Å²) in [4.78, 5) is 12.8. The second-order valence-electron chi connectivity index (χ2n) is 7.28. The van der Waals surface area contributed by atoms with Crippen molar-refractivity contribution in [2.45, 2.75) is 0 Å². The second-order valence-corrected chi connectivity index (χ2v) is 8.19. The van der Waals surface area contributed by atoms with Gasteiger partial charge in [0.25, 0.3) is 0 Å². The highest BCUT2D eigenvalue weighted by Gasteiger charge is 2.26. The van der Waals surface area contributed by atoms with Crippen LogP contribution in [0, 0.1) is 0 Å². The quantitative estimate of drug-likeness (QED) is 0.316. The van der Waals surface area contributed by atoms with Gasteiger partial charge in [-0.1, -0.05) is 29.9 Å². The van der Waals surface area contributed by atoms with Gasteiger partial charge in [-0.2, -0.15) is 0 Å². The molecule has 1 amide bonds. The number of rotatable bonds is 8. The largest absolute Gasteiger partial charge is 0.504 e. The molecule has 3 aromatic rings. The summed E-state index contributed by atoms with van der Waals surface area (Å²) in [6.07, 6.45) is 1.73. The van der Waals surface area contributed by atoms with Gasteiger partial charge in [-0.3, -0.25) is 0 Å². The Bertz CT molecular complexity index is 1150. The van der Waals surface area contributed by atoms with Crippen LogP contribution in [0.4, 0.5) is 0 Å². The van der Waals surface area contributed by atoms with Crippen LogP contribution < -0.4 is 14.8 Å². The Morgan fingerprint density at radius 1 is 1.26 bits per heavy atom. The van der Waals surface area contributed by atoms with Crippen molar-refractivity contribution in [3.63, 3.8) is 0 Å². The van der Waals surface area contributed by atoms with Gasteiger partial charge in [-0.25, -0.2) is 4.79 Å². The van der Waals surface area contributed by atoms with E-state index in [4.69, 9.17) is 9.47 Å². The smallest absolute Gasteiger partial charge is 0.358 e. The first-order valence-corrected chi connectivity index (χ1v) is 10.4. The molecule has 162 valence electrons. The van der Waals surface area contributed by atoms with E-state index >= 15 is 0 Å². The van der Waals surface area contributed by atoms with E-state index in [1.54, 1.807) is 37.7 Å². The highest BCUT2D eigenvalue weighted by atomic mass is 32.1. The molecule has 0 aliphatic carbocycles. The molecule has 0 aliphatic rings. The standard InChI is InChI=1S/C23H25N3O4S/c1-15(16-10-19(27)23(30-5)20(11-16)29-4)24-13-22(28)26(2,3)25-12-17-14-31-21-9-7-6-8-18(17)21/h6-12,14,24H,1,13H2,2-5H3/p+1. The molecule has 2 N–H and O–H groups in total. The Labute approximate surface area is 185 Å². The number of aromatic hydroxyl groups is 1. The predicted molar refractivity (Wildman–Crippen MR) is 125 cm³/mol. The van der Waals surface area contributed by atoms with Crippen LogP contribution in [0.3, 0.4) is 0 Å². The molecule has 0 spiro atoms. The molecular weight excluding hydrogens is 414 g/mol. The number of nitrogens with zero attached hydrogens (tertiary/aromatic N) is 2. The van der Waals surface area contributed by atoms with Crippen LogP contribution >= 0.6 is 11.3 Å². The second kappa shape index (κ2) is 9.20. The number of benzene rings is 2. The van der Waals surface area contributed by atoms with Crippen LogP contribution in [0.15, 0.2) is 53.5 Å². The Balaban J connectivity index is 1.68. The van der Waals surface area contributed by atoms with Crippen molar-refractivity contribution >= 4 is 39.2 Å². The van der Waals surface area contributed by atoms with Crippen LogP contribution in [-0.2, 0) is 4.79 Å². The number of phenols is 1. The highest BCUT2D eigenvalue weighted by Crippen LogP contribution is 2.38. The van der Waals surface area contributed by atoms with Crippen molar-refractivity contribution in [2.24, 2.45) is 5.10 Å². The molecule has 0 unspecified atom stereocenters. The predicted octanol–water partition coefficient (Wildman–Crippen LogP) is 3.82. The lowest BCUT2D eigenvalue weighted by Gasteiger charge is -2.20. The first-order valence-electron chi connectivity index (χ1n) is 9.54. The zero-order valence-corrected chi connectivity index (χ0v) is 18.8. The van der Waals surface area contributed by atoms with E-state index in [0.717, 1.165) is 10.9 Å². The van der Waals surface area contributed by atoms with E-state index in [0.29, 0.717) is 17.0 Å². The average Bonchev–Trinajstić information content (AvgIpc) is 3.18. The molecule has 31 heavy (non-hydrogen) atoms. The zero-order chi connectivity index (χ0) is 22.6. The van der Waals surface area contributed by atoms with E-state index < -0.39 is 0 Å². The summed E-state index contributed by atoms with van der Waals surface area (Å²) in [5.41, 5.74) is 2.04. The van der Waals surface area contributed by atoms with Gasteiger partial charge >= 0.3 is 5.91 Å². The Morgan fingerprint density at radius 3 is 2.71 bits per heavy atom. The number of fused-ring (bicyclic) bond motifs is 1. The van der Waals surface area contributed by atoms with E-state index in [2.05, 4.69) is 23.1 Å². The summed E-state index contributed by atoms with van der Waals surface area (Å²) in [6.45, 7) is 3.97. The fourth-order valence-electron chi connectivity index (χ4n) is 2.97. The maximum absolute atomic E-state index is 12.8. The molecule has 0 fully saturated rings. The number of nitrogens with one attached hydrogen (secondary N) is 1. The highest BCUT2D eigenvalue weighted by molar-refractivity contribution is 7.17. The molecule has 1 aromatic heterocycles. The number of methoxy groups -OCH3 is 2. The normalized spacial score (nSPS) is 11.6. The minimum atomic E-state index is -0.179. The van der Waals surface area contributed by atoms with Gasteiger partial charge in [0, 0.05) is 32.3 Å². The molecule has 1 heterocycles. The van der Waals surface area contributed by atoms with Gasteiger partial charge in [0.1, 0.15) is 20.6 Å². The van der Waals surface area contributed by atoms with Gasteiger partial charge in [-0.15, -0.1) is 15.9 Å². The molecule has 0 saturated carbocycles.